The second-order valence-electron chi connectivity index (χ2n) is 7.46. The van der Waals surface area contributed by atoms with Gasteiger partial charge in [0.1, 0.15) is 5.75 Å². The number of nitriles is 1. The van der Waals surface area contributed by atoms with Crippen LogP contribution in [0.5, 0.6) is 5.75 Å². The van der Waals surface area contributed by atoms with E-state index in [-0.39, 0.29) is 17.0 Å². The van der Waals surface area contributed by atoms with E-state index in [0.717, 1.165) is 12.1 Å². The van der Waals surface area contributed by atoms with E-state index < -0.39 is 17.7 Å². The molecule has 9 heteroatoms. The lowest BCUT2D eigenvalue weighted by molar-refractivity contribution is -0.137. The Kier molecular flexibility index (Phi) is 6.46. The van der Waals surface area contributed by atoms with E-state index in [1.165, 1.54) is 35.1 Å². The SMILES string of the molecule is Cc1nn(-c2ccccc2)nc1C(=O)Oc1ccc(C(C#N)=Cc2ccc(C(F)(F)F)cc2)cc1. The number of ether oxygens (including phenoxy) is 1. The van der Waals surface area contributed by atoms with Crippen molar-refractivity contribution in [3.05, 3.63) is 107 Å². The average Bonchev–Trinajstić information content (AvgIpc) is 3.25. The van der Waals surface area contributed by atoms with Gasteiger partial charge in [0.25, 0.3) is 0 Å². The number of para-hydroxylation sites is 1. The summed E-state index contributed by atoms with van der Waals surface area (Å²) in [6.07, 6.45) is -2.95. The first-order valence-electron chi connectivity index (χ1n) is 10.4. The molecule has 0 aliphatic carbocycles. The first-order chi connectivity index (χ1) is 16.7. The zero-order valence-electron chi connectivity index (χ0n) is 18.3. The number of aryl methyl sites for hydroxylation is 1. The van der Waals surface area contributed by atoms with Gasteiger partial charge in [-0.05, 0) is 72.7 Å². The zero-order valence-corrected chi connectivity index (χ0v) is 18.3. The number of rotatable bonds is 5. The molecule has 4 rings (SSSR count). The van der Waals surface area contributed by atoms with Crippen LogP contribution in [0.15, 0.2) is 78.9 Å². The molecule has 0 N–H and O–H groups in total. The highest BCUT2D eigenvalue weighted by molar-refractivity contribution is 5.91. The van der Waals surface area contributed by atoms with Crippen molar-refractivity contribution in [3.8, 4) is 17.5 Å². The van der Waals surface area contributed by atoms with Gasteiger partial charge in [-0.1, -0.05) is 30.3 Å². The Labute approximate surface area is 198 Å². The molecule has 174 valence electrons. The number of hydrogen-bond donors (Lipinski definition) is 0. The van der Waals surface area contributed by atoms with Crippen LogP contribution in [0.3, 0.4) is 0 Å². The molecule has 0 atom stereocenters. The maximum Gasteiger partial charge on any atom is 0.416 e. The third kappa shape index (κ3) is 5.45. The highest BCUT2D eigenvalue weighted by Crippen LogP contribution is 2.30. The minimum Gasteiger partial charge on any atom is -0.422 e. The molecule has 4 aromatic rings. The summed E-state index contributed by atoms with van der Waals surface area (Å²) in [6.45, 7) is 1.65. The summed E-state index contributed by atoms with van der Waals surface area (Å²) in [5.41, 5.74) is 1.60. The van der Waals surface area contributed by atoms with Crippen molar-refractivity contribution in [3.63, 3.8) is 0 Å². The lowest BCUT2D eigenvalue weighted by atomic mass is 10.0. The molecule has 0 aliphatic heterocycles. The molecule has 3 aromatic carbocycles. The molecule has 1 heterocycles. The van der Waals surface area contributed by atoms with Gasteiger partial charge >= 0.3 is 12.1 Å². The fourth-order valence-electron chi connectivity index (χ4n) is 3.22. The highest BCUT2D eigenvalue weighted by Gasteiger charge is 2.29. The van der Waals surface area contributed by atoms with Crippen molar-refractivity contribution in [2.75, 3.05) is 0 Å². The first-order valence-corrected chi connectivity index (χ1v) is 10.4. The number of aromatic nitrogens is 3. The maximum atomic E-state index is 12.7. The van der Waals surface area contributed by atoms with E-state index in [1.54, 1.807) is 31.2 Å². The fourth-order valence-corrected chi connectivity index (χ4v) is 3.22. The zero-order chi connectivity index (χ0) is 25.0. The van der Waals surface area contributed by atoms with Crippen LogP contribution in [0.25, 0.3) is 17.3 Å². The Bertz CT molecular complexity index is 1420. The molecule has 0 fully saturated rings. The Morgan fingerprint density at radius 3 is 2.23 bits per heavy atom. The molecule has 6 nitrogen and oxygen atoms in total. The van der Waals surface area contributed by atoms with Crippen molar-refractivity contribution in [1.82, 2.24) is 15.0 Å². The number of nitrogens with zero attached hydrogens (tertiary/aromatic N) is 4. The molecule has 1 aromatic heterocycles. The molecule has 0 saturated carbocycles. The van der Waals surface area contributed by atoms with Gasteiger partial charge in [-0.15, -0.1) is 5.10 Å². The van der Waals surface area contributed by atoms with Gasteiger partial charge in [0.2, 0.25) is 0 Å². The Morgan fingerprint density at radius 2 is 1.63 bits per heavy atom. The smallest absolute Gasteiger partial charge is 0.416 e. The number of carbonyl (C=O) groups is 1. The van der Waals surface area contributed by atoms with Gasteiger partial charge in [-0.2, -0.15) is 28.3 Å². The standard InChI is InChI=1S/C26H17F3N4O2/c1-17-24(32-33(31-17)22-5-3-2-4-6-22)25(34)35-23-13-9-19(10-14-23)20(16-30)15-18-7-11-21(12-8-18)26(27,28)29/h2-15H,1H3. The third-order valence-electron chi connectivity index (χ3n) is 5.01. The normalized spacial score (nSPS) is 11.7. The minimum absolute atomic E-state index is 0.0674. The number of carbonyl (C=O) groups excluding carboxylic acids is 1. The van der Waals surface area contributed by atoms with E-state index in [0.29, 0.717) is 22.5 Å². The number of hydrogen-bond acceptors (Lipinski definition) is 5. The highest BCUT2D eigenvalue weighted by atomic mass is 19.4. The van der Waals surface area contributed by atoms with Crippen molar-refractivity contribution in [1.29, 1.82) is 5.26 Å². The van der Waals surface area contributed by atoms with E-state index >= 15 is 0 Å². The van der Waals surface area contributed by atoms with Gasteiger partial charge in [0.05, 0.1) is 28.6 Å². The summed E-state index contributed by atoms with van der Waals surface area (Å²) in [6, 6.07) is 21.8. The molecule has 0 bridgehead atoms. The molecule has 35 heavy (non-hydrogen) atoms. The second kappa shape index (κ2) is 9.65. The van der Waals surface area contributed by atoms with Crippen LogP contribution in [0.2, 0.25) is 0 Å². The predicted molar refractivity (Wildman–Crippen MR) is 122 cm³/mol. The van der Waals surface area contributed by atoms with Crippen LogP contribution in [0, 0.1) is 18.3 Å². The summed E-state index contributed by atoms with van der Waals surface area (Å²) in [7, 11) is 0. The summed E-state index contributed by atoms with van der Waals surface area (Å²) < 4.78 is 43.6. The number of alkyl halides is 3. The topological polar surface area (TPSA) is 80.8 Å². The number of halogens is 3. The molecule has 0 radical (unpaired) electrons. The predicted octanol–water partition coefficient (Wildman–Crippen LogP) is 5.88. The van der Waals surface area contributed by atoms with Crippen molar-refractivity contribution >= 4 is 17.6 Å². The van der Waals surface area contributed by atoms with Crippen LogP contribution in [0.1, 0.15) is 32.9 Å². The summed E-state index contributed by atoms with van der Waals surface area (Å²) in [5, 5.41) is 18.0. The van der Waals surface area contributed by atoms with Crippen LogP contribution < -0.4 is 4.74 Å². The van der Waals surface area contributed by atoms with E-state index in [4.69, 9.17) is 4.74 Å². The molecule has 0 aliphatic rings. The third-order valence-corrected chi connectivity index (χ3v) is 5.01. The van der Waals surface area contributed by atoms with Crippen molar-refractivity contribution < 1.29 is 22.7 Å². The number of esters is 1. The first kappa shape index (κ1) is 23.4. The molecule has 0 unspecified atom stereocenters. The van der Waals surface area contributed by atoms with Crippen molar-refractivity contribution in [2.24, 2.45) is 0 Å². The Morgan fingerprint density at radius 1 is 0.971 bits per heavy atom. The van der Waals surface area contributed by atoms with E-state index in [1.807, 2.05) is 24.3 Å². The van der Waals surface area contributed by atoms with E-state index in [9.17, 15) is 23.2 Å². The van der Waals surface area contributed by atoms with Crippen molar-refractivity contribution in [2.45, 2.75) is 13.1 Å². The summed E-state index contributed by atoms with van der Waals surface area (Å²) in [5.74, 6) is -0.447. The largest absolute Gasteiger partial charge is 0.422 e. The van der Waals surface area contributed by atoms with Gasteiger partial charge in [0, 0.05) is 0 Å². The average molecular weight is 474 g/mol. The lowest BCUT2D eigenvalue weighted by Crippen LogP contribution is -2.11. The monoisotopic (exact) mass is 474 g/mol. The van der Waals surface area contributed by atoms with Crippen LogP contribution >= 0.6 is 0 Å². The molecular formula is C26H17F3N4O2. The maximum absolute atomic E-state index is 12.7. The van der Waals surface area contributed by atoms with Crippen LogP contribution in [-0.2, 0) is 6.18 Å². The fraction of sp³-hybridized carbons (Fsp3) is 0.0769. The van der Waals surface area contributed by atoms with Crippen LogP contribution in [0.4, 0.5) is 13.2 Å². The van der Waals surface area contributed by atoms with E-state index in [2.05, 4.69) is 10.2 Å². The Hall–Kier alpha value is -4.71. The quantitative estimate of drug-likeness (QED) is 0.156. The van der Waals surface area contributed by atoms with Gasteiger partial charge in [-0.3, -0.25) is 0 Å². The molecule has 0 amide bonds. The van der Waals surface area contributed by atoms with Gasteiger partial charge in [0.15, 0.2) is 5.69 Å². The molecule has 0 spiro atoms. The minimum atomic E-state index is -4.43. The second-order valence-corrected chi connectivity index (χ2v) is 7.46. The summed E-state index contributed by atoms with van der Waals surface area (Å²) >= 11 is 0. The molecular weight excluding hydrogens is 457 g/mol. The number of benzene rings is 3. The molecule has 0 saturated heterocycles. The summed E-state index contributed by atoms with van der Waals surface area (Å²) in [4.78, 5) is 14.0. The van der Waals surface area contributed by atoms with Crippen LogP contribution in [-0.4, -0.2) is 21.0 Å². The number of allylic oxidation sites excluding steroid dienone is 1. The lowest BCUT2D eigenvalue weighted by Gasteiger charge is -2.07. The Balaban J connectivity index is 1.49. The van der Waals surface area contributed by atoms with Gasteiger partial charge < -0.3 is 4.74 Å². The van der Waals surface area contributed by atoms with Gasteiger partial charge in [-0.25, -0.2) is 4.79 Å².